The number of carbonyl (C=O) groups is 1. The first-order valence-electron chi connectivity index (χ1n) is 7.93. The molecule has 2 N–H and O–H groups in total. The lowest BCUT2D eigenvalue weighted by Crippen LogP contribution is -2.37. The molecule has 4 rings (SSSR count). The molecule has 6 heteroatoms. The molecule has 1 aliphatic heterocycles. The first-order chi connectivity index (χ1) is 11.1. The van der Waals surface area contributed by atoms with Crippen molar-refractivity contribution >= 4 is 5.91 Å². The molecule has 1 fully saturated rings. The number of fused-ring (bicyclic) bond motifs is 1. The predicted molar refractivity (Wildman–Crippen MR) is 81.5 cm³/mol. The molecule has 0 radical (unpaired) electrons. The van der Waals surface area contributed by atoms with Crippen LogP contribution < -0.4 is 0 Å². The summed E-state index contributed by atoms with van der Waals surface area (Å²) >= 11 is 0. The normalized spacial score (nSPS) is 17.2. The number of halogens is 1. The summed E-state index contributed by atoms with van der Waals surface area (Å²) in [7, 11) is 0. The Balaban J connectivity index is 1.48. The van der Waals surface area contributed by atoms with Crippen molar-refractivity contribution in [2.24, 2.45) is 0 Å². The Morgan fingerprint density at radius 1 is 1.43 bits per heavy atom. The van der Waals surface area contributed by atoms with Gasteiger partial charge in [0.05, 0.1) is 12.1 Å². The molecule has 2 aliphatic rings. The van der Waals surface area contributed by atoms with Crippen LogP contribution in [0.5, 0.6) is 5.75 Å². The number of benzene rings is 1. The molecular formula is C17H18FN3O2. The van der Waals surface area contributed by atoms with Crippen molar-refractivity contribution in [3.05, 3.63) is 46.5 Å². The molecule has 0 saturated heterocycles. The molecule has 1 aromatic carbocycles. The van der Waals surface area contributed by atoms with Crippen LogP contribution in [-0.4, -0.2) is 32.7 Å². The highest BCUT2D eigenvalue weighted by molar-refractivity contribution is 5.79. The lowest BCUT2D eigenvalue weighted by atomic mass is 10.0. The molecule has 2 aromatic rings. The number of aromatic hydroxyl groups is 1. The minimum absolute atomic E-state index is 0.0244. The van der Waals surface area contributed by atoms with Gasteiger partial charge in [-0.1, -0.05) is 6.07 Å². The van der Waals surface area contributed by atoms with Crippen LogP contribution in [-0.2, 0) is 24.2 Å². The molecule has 1 amide bonds. The zero-order chi connectivity index (χ0) is 16.0. The van der Waals surface area contributed by atoms with Crippen LogP contribution in [0.2, 0.25) is 0 Å². The van der Waals surface area contributed by atoms with Crippen molar-refractivity contribution in [1.82, 2.24) is 15.1 Å². The quantitative estimate of drug-likeness (QED) is 0.913. The predicted octanol–water partition coefficient (Wildman–Crippen LogP) is 2.26. The highest BCUT2D eigenvalue weighted by Gasteiger charge is 2.33. The molecule has 1 aliphatic carbocycles. The van der Waals surface area contributed by atoms with Crippen LogP contribution in [0.15, 0.2) is 18.2 Å². The number of carbonyl (C=O) groups excluding carboxylic acids is 1. The van der Waals surface area contributed by atoms with E-state index in [2.05, 4.69) is 10.2 Å². The third-order valence-corrected chi connectivity index (χ3v) is 4.65. The van der Waals surface area contributed by atoms with Gasteiger partial charge in [0.1, 0.15) is 0 Å². The van der Waals surface area contributed by atoms with Crippen molar-refractivity contribution in [1.29, 1.82) is 0 Å². The maximum atomic E-state index is 13.4. The van der Waals surface area contributed by atoms with E-state index in [1.165, 1.54) is 30.5 Å². The Morgan fingerprint density at radius 2 is 2.26 bits per heavy atom. The average Bonchev–Trinajstić information content (AvgIpc) is 3.30. The Hall–Kier alpha value is -2.37. The Kier molecular flexibility index (Phi) is 3.32. The van der Waals surface area contributed by atoms with E-state index in [9.17, 15) is 14.3 Å². The maximum Gasteiger partial charge on any atom is 0.227 e. The van der Waals surface area contributed by atoms with E-state index >= 15 is 0 Å². The fourth-order valence-corrected chi connectivity index (χ4v) is 3.17. The SMILES string of the molecule is O=C(Cc1ccc(O)c(F)c1)N1CCc2[nH]nc(C3CC3)c2C1. The lowest BCUT2D eigenvalue weighted by Gasteiger charge is -2.27. The summed E-state index contributed by atoms with van der Waals surface area (Å²) in [5.41, 5.74) is 4.01. The summed E-state index contributed by atoms with van der Waals surface area (Å²) in [5.74, 6) is -0.557. The van der Waals surface area contributed by atoms with Crippen molar-refractivity contribution in [3.63, 3.8) is 0 Å². The summed E-state index contributed by atoms with van der Waals surface area (Å²) in [4.78, 5) is 14.3. The van der Waals surface area contributed by atoms with Gasteiger partial charge in [0.2, 0.25) is 5.91 Å². The van der Waals surface area contributed by atoms with E-state index in [0.717, 1.165) is 17.8 Å². The molecule has 23 heavy (non-hydrogen) atoms. The number of aromatic amines is 1. The van der Waals surface area contributed by atoms with Gasteiger partial charge < -0.3 is 10.0 Å². The van der Waals surface area contributed by atoms with E-state index < -0.39 is 11.6 Å². The second kappa shape index (κ2) is 5.37. The zero-order valence-electron chi connectivity index (χ0n) is 12.7. The summed E-state index contributed by atoms with van der Waals surface area (Å²) in [6.07, 6.45) is 3.28. The standard InChI is InChI=1S/C17H18FN3O2/c18-13-7-10(1-4-15(13)22)8-16(23)21-6-5-14-12(9-21)17(20-19-14)11-2-3-11/h1,4,7,11,22H,2-3,5-6,8-9H2,(H,19,20). The van der Waals surface area contributed by atoms with Gasteiger partial charge >= 0.3 is 0 Å². The number of H-pyrrole nitrogens is 1. The van der Waals surface area contributed by atoms with E-state index in [0.29, 0.717) is 24.6 Å². The van der Waals surface area contributed by atoms with Crippen LogP contribution >= 0.6 is 0 Å². The Labute approximate surface area is 133 Å². The van der Waals surface area contributed by atoms with Gasteiger partial charge in [0.15, 0.2) is 11.6 Å². The number of hydrogen-bond donors (Lipinski definition) is 2. The minimum Gasteiger partial charge on any atom is -0.505 e. The van der Waals surface area contributed by atoms with Crippen molar-refractivity contribution < 1.29 is 14.3 Å². The number of rotatable bonds is 3. The molecule has 2 heterocycles. The molecular weight excluding hydrogens is 297 g/mol. The van der Waals surface area contributed by atoms with Gasteiger partial charge in [-0.05, 0) is 30.5 Å². The van der Waals surface area contributed by atoms with Crippen LogP contribution in [0, 0.1) is 5.82 Å². The van der Waals surface area contributed by atoms with Gasteiger partial charge in [0.25, 0.3) is 0 Å². The summed E-state index contributed by atoms with van der Waals surface area (Å²) in [6.45, 7) is 1.23. The number of phenols is 1. The number of amides is 1. The molecule has 120 valence electrons. The summed E-state index contributed by atoms with van der Waals surface area (Å²) in [5, 5.41) is 16.7. The van der Waals surface area contributed by atoms with Gasteiger partial charge in [-0.25, -0.2) is 4.39 Å². The minimum atomic E-state index is -0.693. The molecule has 0 spiro atoms. The first-order valence-corrected chi connectivity index (χ1v) is 7.93. The van der Waals surface area contributed by atoms with Crippen LogP contribution in [0.1, 0.15) is 41.3 Å². The highest BCUT2D eigenvalue weighted by Crippen LogP contribution is 2.42. The topological polar surface area (TPSA) is 69.2 Å². The number of phenolic OH excluding ortho intramolecular Hbond substituents is 1. The summed E-state index contributed by atoms with van der Waals surface area (Å²) in [6, 6.07) is 4.09. The third-order valence-electron chi connectivity index (χ3n) is 4.65. The zero-order valence-corrected chi connectivity index (χ0v) is 12.7. The lowest BCUT2D eigenvalue weighted by molar-refractivity contribution is -0.131. The second-order valence-electron chi connectivity index (χ2n) is 6.37. The molecule has 1 saturated carbocycles. The van der Waals surface area contributed by atoms with Gasteiger partial charge in [-0.15, -0.1) is 0 Å². The fourth-order valence-electron chi connectivity index (χ4n) is 3.17. The van der Waals surface area contributed by atoms with Crippen molar-refractivity contribution in [2.45, 2.75) is 38.1 Å². The Bertz CT molecular complexity index is 767. The average molecular weight is 315 g/mol. The van der Waals surface area contributed by atoms with Crippen LogP contribution in [0.4, 0.5) is 4.39 Å². The van der Waals surface area contributed by atoms with E-state index in [1.807, 2.05) is 4.90 Å². The monoisotopic (exact) mass is 315 g/mol. The maximum absolute atomic E-state index is 13.4. The van der Waals surface area contributed by atoms with E-state index in [4.69, 9.17) is 0 Å². The Morgan fingerprint density at radius 3 is 3.00 bits per heavy atom. The van der Waals surface area contributed by atoms with Crippen LogP contribution in [0.25, 0.3) is 0 Å². The highest BCUT2D eigenvalue weighted by atomic mass is 19.1. The molecule has 5 nitrogen and oxygen atoms in total. The van der Waals surface area contributed by atoms with E-state index in [-0.39, 0.29) is 12.3 Å². The van der Waals surface area contributed by atoms with Crippen molar-refractivity contribution in [3.8, 4) is 5.75 Å². The number of aromatic nitrogens is 2. The number of nitrogens with zero attached hydrogens (tertiary/aromatic N) is 2. The van der Waals surface area contributed by atoms with Crippen molar-refractivity contribution in [2.75, 3.05) is 6.54 Å². The molecule has 0 unspecified atom stereocenters. The smallest absolute Gasteiger partial charge is 0.227 e. The van der Waals surface area contributed by atoms with E-state index in [1.54, 1.807) is 6.07 Å². The van der Waals surface area contributed by atoms with Gasteiger partial charge in [0, 0.05) is 36.7 Å². The number of nitrogens with one attached hydrogen (secondary N) is 1. The molecule has 0 atom stereocenters. The van der Waals surface area contributed by atoms with Crippen LogP contribution in [0.3, 0.4) is 0 Å². The fraction of sp³-hybridized carbons (Fsp3) is 0.412. The second-order valence-corrected chi connectivity index (χ2v) is 6.37. The summed E-state index contributed by atoms with van der Waals surface area (Å²) < 4.78 is 13.4. The first kappa shape index (κ1) is 14.2. The molecule has 0 bridgehead atoms. The number of hydrogen-bond acceptors (Lipinski definition) is 3. The van der Waals surface area contributed by atoms with Gasteiger partial charge in [-0.3, -0.25) is 9.89 Å². The third kappa shape index (κ3) is 2.69. The largest absolute Gasteiger partial charge is 0.505 e. The molecule has 1 aromatic heterocycles. The van der Waals surface area contributed by atoms with Gasteiger partial charge in [-0.2, -0.15) is 5.10 Å².